The number of fused-ring (bicyclic) bond motifs is 1. The molecular formula is C18H17BrN2. The average Bonchev–Trinajstić information content (AvgIpc) is 2.53. The number of nitrogens with zero attached hydrogens (tertiary/aromatic N) is 1. The van der Waals surface area contributed by atoms with Crippen molar-refractivity contribution >= 4 is 26.7 Å². The maximum Gasteiger partial charge on any atom is 0.0346 e. The van der Waals surface area contributed by atoms with E-state index in [0.717, 1.165) is 11.0 Å². The molecule has 0 aliphatic heterocycles. The van der Waals surface area contributed by atoms with Crippen LogP contribution in [0, 0.1) is 0 Å². The van der Waals surface area contributed by atoms with Crippen molar-refractivity contribution in [3.05, 3.63) is 76.5 Å². The molecule has 0 amide bonds. The average molecular weight is 341 g/mol. The molecule has 1 atom stereocenters. The van der Waals surface area contributed by atoms with E-state index in [1.807, 2.05) is 24.5 Å². The molecule has 0 saturated carbocycles. The Hall–Kier alpha value is -1.71. The van der Waals surface area contributed by atoms with Gasteiger partial charge in [-0.1, -0.05) is 58.4 Å². The Labute approximate surface area is 133 Å². The molecule has 0 aliphatic rings. The number of hydrogen-bond donors (Lipinski definition) is 1. The first-order chi connectivity index (χ1) is 10.3. The fraction of sp³-hybridized carbons (Fsp3) is 0.167. The largest absolute Gasteiger partial charge is 0.306 e. The quantitative estimate of drug-likeness (QED) is 0.734. The summed E-state index contributed by atoms with van der Waals surface area (Å²) < 4.78 is 1.14. The van der Waals surface area contributed by atoms with Gasteiger partial charge in [0.1, 0.15) is 0 Å². The van der Waals surface area contributed by atoms with Crippen molar-refractivity contribution in [2.75, 3.05) is 0 Å². The lowest BCUT2D eigenvalue weighted by Gasteiger charge is -2.16. The minimum absolute atomic E-state index is 0.277. The van der Waals surface area contributed by atoms with E-state index in [1.54, 1.807) is 0 Å². The van der Waals surface area contributed by atoms with E-state index in [0.29, 0.717) is 0 Å². The van der Waals surface area contributed by atoms with Gasteiger partial charge < -0.3 is 5.32 Å². The van der Waals surface area contributed by atoms with Crippen LogP contribution in [-0.4, -0.2) is 4.98 Å². The van der Waals surface area contributed by atoms with Crippen molar-refractivity contribution in [2.24, 2.45) is 0 Å². The lowest BCUT2D eigenvalue weighted by atomic mass is 10.1. The lowest BCUT2D eigenvalue weighted by Crippen LogP contribution is -2.18. The molecule has 3 aromatic rings. The molecule has 0 bridgehead atoms. The first-order valence-electron chi connectivity index (χ1n) is 7.05. The van der Waals surface area contributed by atoms with Crippen LogP contribution in [-0.2, 0) is 6.54 Å². The van der Waals surface area contributed by atoms with Gasteiger partial charge in [-0.3, -0.25) is 4.98 Å². The van der Waals surface area contributed by atoms with Gasteiger partial charge in [-0.2, -0.15) is 0 Å². The fourth-order valence-electron chi connectivity index (χ4n) is 2.52. The van der Waals surface area contributed by atoms with E-state index in [1.165, 1.54) is 21.9 Å². The van der Waals surface area contributed by atoms with Crippen molar-refractivity contribution < 1.29 is 0 Å². The molecule has 1 N–H and O–H groups in total. The van der Waals surface area contributed by atoms with Gasteiger partial charge in [0.15, 0.2) is 0 Å². The summed E-state index contributed by atoms with van der Waals surface area (Å²) in [6.45, 7) is 2.98. The highest BCUT2D eigenvalue weighted by Gasteiger charge is 2.09. The molecule has 2 aromatic carbocycles. The molecule has 0 aliphatic carbocycles. The maximum absolute atomic E-state index is 4.33. The Morgan fingerprint density at radius 3 is 2.67 bits per heavy atom. The number of benzene rings is 2. The van der Waals surface area contributed by atoms with Crippen LogP contribution in [0.25, 0.3) is 10.8 Å². The number of halogens is 1. The second-order valence-corrected chi connectivity index (χ2v) is 6.00. The SMILES string of the molecule is CC(NCc1cncc2ccccc12)c1ccccc1Br. The second kappa shape index (κ2) is 6.37. The van der Waals surface area contributed by atoms with Crippen molar-refractivity contribution in [1.82, 2.24) is 10.3 Å². The smallest absolute Gasteiger partial charge is 0.0346 e. The third-order valence-electron chi connectivity index (χ3n) is 3.72. The number of nitrogens with one attached hydrogen (secondary N) is 1. The van der Waals surface area contributed by atoms with Gasteiger partial charge >= 0.3 is 0 Å². The minimum Gasteiger partial charge on any atom is -0.306 e. The Morgan fingerprint density at radius 1 is 1.05 bits per heavy atom. The van der Waals surface area contributed by atoms with Gasteiger partial charge in [-0.15, -0.1) is 0 Å². The number of pyridine rings is 1. The summed E-state index contributed by atoms with van der Waals surface area (Å²) in [6.07, 6.45) is 3.86. The molecule has 1 heterocycles. The molecule has 3 heteroatoms. The van der Waals surface area contributed by atoms with Gasteiger partial charge in [0, 0.05) is 34.8 Å². The summed E-state index contributed by atoms with van der Waals surface area (Å²) in [7, 11) is 0. The summed E-state index contributed by atoms with van der Waals surface area (Å²) in [4.78, 5) is 4.33. The number of rotatable bonds is 4. The Kier molecular flexibility index (Phi) is 4.32. The summed E-state index contributed by atoms with van der Waals surface area (Å²) in [5, 5.41) is 6.03. The van der Waals surface area contributed by atoms with E-state index in [9.17, 15) is 0 Å². The Balaban J connectivity index is 1.79. The normalized spacial score (nSPS) is 12.5. The van der Waals surface area contributed by atoms with E-state index in [2.05, 4.69) is 69.6 Å². The number of aromatic nitrogens is 1. The predicted molar refractivity (Wildman–Crippen MR) is 91.1 cm³/mol. The van der Waals surface area contributed by atoms with Crippen molar-refractivity contribution in [3.63, 3.8) is 0 Å². The van der Waals surface area contributed by atoms with Gasteiger partial charge in [-0.25, -0.2) is 0 Å². The second-order valence-electron chi connectivity index (χ2n) is 5.14. The zero-order valence-corrected chi connectivity index (χ0v) is 13.5. The fourth-order valence-corrected chi connectivity index (χ4v) is 3.15. The number of hydrogen-bond acceptors (Lipinski definition) is 2. The highest BCUT2D eigenvalue weighted by molar-refractivity contribution is 9.10. The third-order valence-corrected chi connectivity index (χ3v) is 4.44. The monoisotopic (exact) mass is 340 g/mol. The van der Waals surface area contributed by atoms with Crippen LogP contribution >= 0.6 is 15.9 Å². The van der Waals surface area contributed by atoms with E-state index >= 15 is 0 Å². The molecule has 21 heavy (non-hydrogen) atoms. The molecule has 1 unspecified atom stereocenters. The van der Waals surface area contributed by atoms with Crippen molar-refractivity contribution in [2.45, 2.75) is 19.5 Å². The van der Waals surface area contributed by atoms with Crippen LogP contribution < -0.4 is 5.32 Å². The van der Waals surface area contributed by atoms with Crippen molar-refractivity contribution in [3.8, 4) is 0 Å². The zero-order valence-electron chi connectivity index (χ0n) is 11.9. The molecule has 2 nitrogen and oxygen atoms in total. The third kappa shape index (κ3) is 3.14. The highest BCUT2D eigenvalue weighted by atomic mass is 79.9. The van der Waals surface area contributed by atoms with Gasteiger partial charge in [0.2, 0.25) is 0 Å². The van der Waals surface area contributed by atoms with Crippen LogP contribution in [0.2, 0.25) is 0 Å². The van der Waals surface area contributed by atoms with Crippen LogP contribution in [0.3, 0.4) is 0 Å². The van der Waals surface area contributed by atoms with Crippen LogP contribution in [0.1, 0.15) is 24.1 Å². The van der Waals surface area contributed by atoms with E-state index < -0.39 is 0 Å². The predicted octanol–water partition coefficient (Wildman–Crippen LogP) is 4.85. The summed E-state index contributed by atoms with van der Waals surface area (Å²) in [5.74, 6) is 0. The van der Waals surface area contributed by atoms with Gasteiger partial charge in [-0.05, 0) is 29.5 Å². The molecule has 0 fully saturated rings. The molecule has 3 rings (SSSR count). The van der Waals surface area contributed by atoms with Crippen LogP contribution in [0.15, 0.2) is 65.4 Å². The van der Waals surface area contributed by atoms with E-state index in [4.69, 9.17) is 0 Å². The topological polar surface area (TPSA) is 24.9 Å². The lowest BCUT2D eigenvalue weighted by molar-refractivity contribution is 0.574. The zero-order chi connectivity index (χ0) is 14.7. The van der Waals surface area contributed by atoms with E-state index in [-0.39, 0.29) is 6.04 Å². The molecule has 0 spiro atoms. The highest BCUT2D eigenvalue weighted by Crippen LogP contribution is 2.24. The van der Waals surface area contributed by atoms with Crippen LogP contribution in [0.5, 0.6) is 0 Å². The van der Waals surface area contributed by atoms with Gasteiger partial charge in [0.25, 0.3) is 0 Å². The standard InChI is InChI=1S/C18H17BrN2/c1-13(16-7-4-5-9-18(16)19)21-12-15-11-20-10-14-6-2-3-8-17(14)15/h2-11,13,21H,12H2,1H3. The molecule has 1 aromatic heterocycles. The minimum atomic E-state index is 0.277. The summed E-state index contributed by atoms with van der Waals surface area (Å²) >= 11 is 3.61. The first-order valence-corrected chi connectivity index (χ1v) is 7.84. The van der Waals surface area contributed by atoms with Crippen molar-refractivity contribution in [1.29, 1.82) is 0 Å². The molecular weight excluding hydrogens is 324 g/mol. The molecule has 0 radical (unpaired) electrons. The Morgan fingerprint density at radius 2 is 1.81 bits per heavy atom. The summed E-state index contributed by atoms with van der Waals surface area (Å²) in [5.41, 5.74) is 2.50. The van der Waals surface area contributed by atoms with Gasteiger partial charge in [0.05, 0.1) is 0 Å². The maximum atomic E-state index is 4.33. The molecule has 0 saturated heterocycles. The Bertz CT molecular complexity index is 750. The van der Waals surface area contributed by atoms with Crippen LogP contribution in [0.4, 0.5) is 0 Å². The summed E-state index contributed by atoms with van der Waals surface area (Å²) in [6, 6.07) is 17.0. The first kappa shape index (κ1) is 14.2. The molecule has 106 valence electrons.